The van der Waals surface area contributed by atoms with Crippen molar-refractivity contribution in [1.82, 2.24) is 4.72 Å². The highest BCUT2D eigenvalue weighted by Gasteiger charge is 2.17. The van der Waals surface area contributed by atoms with Crippen molar-refractivity contribution in [3.8, 4) is 0 Å². The lowest BCUT2D eigenvalue weighted by atomic mass is 10.2. The average Bonchev–Trinajstić information content (AvgIpc) is 2.80. The Bertz CT molecular complexity index is 1310. The van der Waals surface area contributed by atoms with Gasteiger partial charge in [-0.15, -0.1) is 0 Å². The van der Waals surface area contributed by atoms with E-state index in [1.165, 1.54) is 48.5 Å². The van der Waals surface area contributed by atoms with E-state index in [9.17, 15) is 21.6 Å². The molecule has 3 N–H and O–H groups in total. The summed E-state index contributed by atoms with van der Waals surface area (Å²) >= 11 is 0. The van der Waals surface area contributed by atoms with Gasteiger partial charge in [-0.25, -0.2) is 21.6 Å². The van der Waals surface area contributed by atoms with Gasteiger partial charge in [0.05, 0.1) is 9.79 Å². The van der Waals surface area contributed by atoms with E-state index in [0.717, 1.165) is 12.8 Å². The molecule has 0 saturated heterocycles. The van der Waals surface area contributed by atoms with Crippen LogP contribution in [0.4, 0.5) is 11.4 Å². The number of anilines is 2. The van der Waals surface area contributed by atoms with E-state index in [1.54, 1.807) is 30.3 Å². The monoisotopic (exact) mass is 487 g/mol. The van der Waals surface area contributed by atoms with Gasteiger partial charge < -0.3 is 5.32 Å². The number of nitrogens with one attached hydrogen (secondary N) is 3. The topological polar surface area (TPSA) is 121 Å². The minimum atomic E-state index is -3.88. The van der Waals surface area contributed by atoms with E-state index in [1.807, 2.05) is 6.92 Å². The lowest BCUT2D eigenvalue weighted by molar-refractivity contribution is 0.102. The van der Waals surface area contributed by atoms with E-state index >= 15 is 0 Å². The molecule has 0 heterocycles. The summed E-state index contributed by atoms with van der Waals surface area (Å²) in [6.07, 6.45) is 1.61. The Morgan fingerprint density at radius 2 is 1.45 bits per heavy atom. The van der Waals surface area contributed by atoms with Gasteiger partial charge in [0.25, 0.3) is 15.9 Å². The summed E-state index contributed by atoms with van der Waals surface area (Å²) in [5.41, 5.74) is 0.929. The zero-order valence-electron chi connectivity index (χ0n) is 18.0. The molecule has 0 fully saturated rings. The number of sulfonamides is 2. The van der Waals surface area contributed by atoms with Gasteiger partial charge in [0.2, 0.25) is 10.0 Å². The third-order valence-corrected chi connectivity index (χ3v) is 7.53. The molecule has 3 aromatic carbocycles. The van der Waals surface area contributed by atoms with Gasteiger partial charge in [0.15, 0.2) is 0 Å². The van der Waals surface area contributed by atoms with Crippen molar-refractivity contribution >= 4 is 37.3 Å². The first-order valence-corrected chi connectivity index (χ1v) is 13.3. The second kappa shape index (κ2) is 10.6. The summed E-state index contributed by atoms with van der Waals surface area (Å²) in [6, 6.07) is 19.8. The molecule has 3 aromatic rings. The first-order valence-electron chi connectivity index (χ1n) is 10.3. The molecular formula is C23H25N3O5S2. The molecule has 0 aromatic heterocycles. The van der Waals surface area contributed by atoms with Crippen molar-refractivity contribution in [3.63, 3.8) is 0 Å². The molecule has 8 nitrogen and oxygen atoms in total. The molecule has 0 atom stereocenters. The van der Waals surface area contributed by atoms with Crippen LogP contribution < -0.4 is 14.8 Å². The Morgan fingerprint density at radius 1 is 0.758 bits per heavy atom. The lowest BCUT2D eigenvalue weighted by Crippen LogP contribution is -2.24. The van der Waals surface area contributed by atoms with Crippen LogP contribution >= 0.6 is 0 Å². The number of carbonyl (C=O) groups excluding carboxylic acids is 1. The number of unbranched alkanes of at least 4 members (excludes halogenated alkanes) is 1. The first kappa shape index (κ1) is 24.4. The van der Waals surface area contributed by atoms with Crippen molar-refractivity contribution in [2.24, 2.45) is 0 Å². The number of hydrogen-bond donors (Lipinski definition) is 3. The molecule has 0 aliphatic carbocycles. The molecule has 33 heavy (non-hydrogen) atoms. The molecule has 10 heteroatoms. The first-order chi connectivity index (χ1) is 15.7. The fraction of sp³-hybridized carbons (Fsp3) is 0.174. The van der Waals surface area contributed by atoms with Gasteiger partial charge in [-0.1, -0.05) is 37.6 Å². The van der Waals surface area contributed by atoms with E-state index in [2.05, 4.69) is 14.8 Å². The molecule has 0 aliphatic heterocycles. The SMILES string of the molecule is CCCCNS(=O)(=O)c1ccc(NC(=O)c2cccc(S(=O)(=O)Nc3ccccc3)c2)cc1. The molecule has 0 unspecified atom stereocenters. The standard InChI is InChI=1S/C23H25N3O5S2/c1-2-3-16-24-32(28,29)21-14-12-19(13-15-21)25-23(27)18-8-7-11-22(17-18)33(30,31)26-20-9-5-4-6-10-20/h4-15,17,24,26H,2-3,16H2,1H3,(H,25,27). The lowest BCUT2D eigenvalue weighted by Gasteiger charge is -2.10. The predicted molar refractivity (Wildman–Crippen MR) is 128 cm³/mol. The molecular weight excluding hydrogens is 462 g/mol. The maximum Gasteiger partial charge on any atom is 0.261 e. The Labute approximate surface area is 194 Å². The van der Waals surface area contributed by atoms with Crippen LogP contribution in [0.2, 0.25) is 0 Å². The number of carbonyl (C=O) groups is 1. The zero-order chi connectivity index (χ0) is 23.9. The van der Waals surface area contributed by atoms with Gasteiger partial charge in [0.1, 0.15) is 0 Å². The van der Waals surface area contributed by atoms with Gasteiger partial charge in [-0.3, -0.25) is 9.52 Å². The number of amides is 1. The Kier molecular flexibility index (Phi) is 7.85. The van der Waals surface area contributed by atoms with Gasteiger partial charge in [-0.05, 0) is 61.0 Å². The molecule has 0 radical (unpaired) electrons. The molecule has 1 amide bonds. The number of hydrogen-bond acceptors (Lipinski definition) is 5. The normalized spacial score (nSPS) is 11.7. The third kappa shape index (κ3) is 6.64. The van der Waals surface area contributed by atoms with E-state index in [0.29, 0.717) is 17.9 Å². The van der Waals surface area contributed by atoms with Crippen molar-refractivity contribution in [2.75, 3.05) is 16.6 Å². The minimum Gasteiger partial charge on any atom is -0.322 e. The maximum absolute atomic E-state index is 12.7. The summed E-state index contributed by atoms with van der Waals surface area (Å²) in [7, 11) is -7.49. The molecule has 0 aliphatic rings. The Hall–Kier alpha value is -3.21. The molecule has 0 saturated carbocycles. The largest absolute Gasteiger partial charge is 0.322 e. The van der Waals surface area contributed by atoms with Crippen LogP contribution in [-0.4, -0.2) is 29.3 Å². The fourth-order valence-corrected chi connectivity index (χ4v) is 5.09. The van der Waals surface area contributed by atoms with Gasteiger partial charge >= 0.3 is 0 Å². The third-order valence-electron chi connectivity index (χ3n) is 4.68. The van der Waals surface area contributed by atoms with Crippen molar-refractivity contribution in [3.05, 3.63) is 84.4 Å². The second-order valence-corrected chi connectivity index (χ2v) is 10.7. The van der Waals surface area contributed by atoms with Gasteiger partial charge in [-0.2, -0.15) is 0 Å². The summed E-state index contributed by atoms with van der Waals surface area (Å²) in [4.78, 5) is 12.7. The molecule has 0 bridgehead atoms. The van der Waals surface area contributed by atoms with Crippen LogP contribution in [0.15, 0.2) is 88.7 Å². The van der Waals surface area contributed by atoms with Crippen molar-refractivity contribution in [2.45, 2.75) is 29.6 Å². The molecule has 0 spiro atoms. The average molecular weight is 488 g/mol. The smallest absolute Gasteiger partial charge is 0.261 e. The Balaban J connectivity index is 1.71. The van der Waals surface area contributed by atoms with Gasteiger partial charge in [0, 0.05) is 23.5 Å². The summed E-state index contributed by atoms with van der Waals surface area (Å²) < 4.78 is 54.8. The van der Waals surface area contributed by atoms with Crippen LogP contribution in [-0.2, 0) is 20.0 Å². The van der Waals surface area contributed by atoms with E-state index in [-0.39, 0.29) is 15.4 Å². The summed E-state index contributed by atoms with van der Waals surface area (Å²) in [6.45, 7) is 2.33. The van der Waals surface area contributed by atoms with Crippen LogP contribution in [0.3, 0.4) is 0 Å². The van der Waals surface area contributed by atoms with Crippen LogP contribution in [0.5, 0.6) is 0 Å². The number of para-hydroxylation sites is 1. The Morgan fingerprint density at radius 3 is 2.12 bits per heavy atom. The quantitative estimate of drug-likeness (QED) is 0.375. The zero-order valence-corrected chi connectivity index (χ0v) is 19.6. The molecule has 3 rings (SSSR count). The van der Waals surface area contributed by atoms with Crippen molar-refractivity contribution in [1.29, 1.82) is 0 Å². The van der Waals surface area contributed by atoms with Crippen LogP contribution in [0.25, 0.3) is 0 Å². The molecule has 174 valence electrons. The van der Waals surface area contributed by atoms with Crippen LogP contribution in [0, 0.1) is 0 Å². The van der Waals surface area contributed by atoms with E-state index in [4.69, 9.17) is 0 Å². The summed E-state index contributed by atoms with van der Waals surface area (Å²) in [5, 5.41) is 2.65. The number of rotatable bonds is 10. The summed E-state index contributed by atoms with van der Waals surface area (Å²) in [5.74, 6) is -0.525. The highest BCUT2D eigenvalue weighted by Crippen LogP contribution is 2.19. The highest BCUT2D eigenvalue weighted by molar-refractivity contribution is 7.92. The van der Waals surface area contributed by atoms with Crippen molar-refractivity contribution < 1.29 is 21.6 Å². The highest BCUT2D eigenvalue weighted by atomic mass is 32.2. The predicted octanol–water partition coefficient (Wildman–Crippen LogP) is 3.82. The number of benzene rings is 3. The fourth-order valence-electron chi connectivity index (χ4n) is 2.91. The second-order valence-electron chi connectivity index (χ2n) is 7.23. The van der Waals surface area contributed by atoms with E-state index < -0.39 is 26.0 Å². The maximum atomic E-state index is 12.7. The minimum absolute atomic E-state index is 0.0569. The van der Waals surface area contributed by atoms with Crippen LogP contribution in [0.1, 0.15) is 30.1 Å².